The third kappa shape index (κ3) is 8.21. The highest BCUT2D eigenvalue weighted by Gasteiger charge is 2.61. The Hall–Kier alpha value is -2.67. The maximum atomic E-state index is 13.7. The van der Waals surface area contributed by atoms with E-state index < -0.39 is 51.3 Å². The van der Waals surface area contributed by atoms with E-state index >= 15 is 0 Å². The first kappa shape index (κ1) is 31.3. The Bertz CT molecular complexity index is 1140. The highest BCUT2D eigenvalue weighted by atomic mass is 32.2. The van der Waals surface area contributed by atoms with Gasteiger partial charge in [0.1, 0.15) is 23.2 Å². The lowest BCUT2D eigenvalue weighted by Crippen LogP contribution is -2.59. The van der Waals surface area contributed by atoms with Crippen molar-refractivity contribution >= 4 is 34.0 Å². The number of hydrogen-bond acceptors (Lipinski definition) is 7. The van der Waals surface area contributed by atoms with E-state index in [2.05, 4.69) is 20.1 Å². The SMILES string of the molecule is CC(C)(C)OC(=O)NC1CCCCCC=C[C@@H]2C[C@@]2(C(=O)NS(=O)(=O)NC2CCCC2)NC(=O)[C@@H]2CCCN2C1=O. The highest BCUT2D eigenvalue weighted by Crippen LogP contribution is 2.45. The summed E-state index contributed by atoms with van der Waals surface area (Å²) in [5, 5.41) is 5.54. The number of ether oxygens (including phenoxy) is 1. The summed E-state index contributed by atoms with van der Waals surface area (Å²) in [6, 6.07) is -1.90. The van der Waals surface area contributed by atoms with Gasteiger partial charge in [0, 0.05) is 18.5 Å². The molecule has 4 rings (SSSR count). The first-order chi connectivity index (χ1) is 19.3. The smallest absolute Gasteiger partial charge is 0.408 e. The van der Waals surface area contributed by atoms with Gasteiger partial charge in [-0.3, -0.25) is 14.4 Å². The molecule has 4 aliphatic rings. The van der Waals surface area contributed by atoms with Crippen LogP contribution in [0.15, 0.2) is 12.2 Å². The number of fused-ring (bicyclic) bond motifs is 2. The Kier molecular flexibility index (Phi) is 9.67. The van der Waals surface area contributed by atoms with Gasteiger partial charge in [-0.1, -0.05) is 37.8 Å². The van der Waals surface area contributed by atoms with E-state index in [1.54, 1.807) is 20.8 Å². The van der Waals surface area contributed by atoms with E-state index in [0.29, 0.717) is 32.2 Å². The van der Waals surface area contributed by atoms with Crippen LogP contribution in [0.25, 0.3) is 0 Å². The number of amides is 4. The van der Waals surface area contributed by atoms with Crippen LogP contribution in [0, 0.1) is 5.92 Å². The molecule has 4 N–H and O–H groups in total. The van der Waals surface area contributed by atoms with Gasteiger partial charge in [0.05, 0.1) is 0 Å². The fourth-order valence-electron chi connectivity index (χ4n) is 6.05. The number of carbonyl (C=O) groups is 4. The summed E-state index contributed by atoms with van der Waals surface area (Å²) in [7, 11) is -4.11. The summed E-state index contributed by atoms with van der Waals surface area (Å²) in [5.74, 6) is -2.01. The molecule has 0 spiro atoms. The molecule has 0 aromatic carbocycles. The highest BCUT2D eigenvalue weighted by molar-refractivity contribution is 7.88. The van der Waals surface area contributed by atoms with Crippen molar-refractivity contribution in [3.63, 3.8) is 0 Å². The second-order valence-electron chi connectivity index (χ2n) is 12.8. The van der Waals surface area contributed by atoms with Crippen molar-refractivity contribution in [2.24, 2.45) is 5.92 Å². The molecule has 0 bridgehead atoms. The number of alkyl carbamates (subject to hydrolysis) is 1. The van der Waals surface area contributed by atoms with Gasteiger partial charge in [0.25, 0.3) is 5.91 Å². The van der Waals surface area contributed by atoms with E-state index in [9.17, 15) is 27.6 Å². The van der Waals surface area contributed by atoms with Crippen molar-refractivity contribution in [2.45, 2.75) is 127 Å². The van der Waals surface area contributed by atoms with Gasteiger partial charge in [0.2, 0.25) is 11.8 Å². The summed E-state index contributed by atoms with van der Waals surface area (Å²) in [5.41, 5.74) is -2.14. The lowest BCUT2D eigenvalue weighted by molar-refractivity contribution is -0.141. The van der Waals surface area contributed by atoms with E-state index in [4.69, 9.17) is 4.74 Å². The number of nitrogens with one attached hydrogen (secondary N) is 4. The van der Waals surface area contributed by atoms with Crippen molar-refractivity contribution in [3.8, 4) is 0 Å². The molecule has 12 nitrogen and oxygen atoms in total. The summed E-state index contributed by atoms with van der Waals surface area (Å²) < 4.78 is 35.6. The first-order valence-corrected chi connectivity index (χ1v) is 16.4. The van der Waals surface area contributed by atoms with Crippen LogP contribution in [0.3, 0.4) is 0 Å². The summed E-state index contributed by atoms with van der Waals surface area (Å²) >= 11 is 0. The van der Waals surface area contributed by atoms with E-state index in [1.165, 1.54) is 4.90 Å². The largest absolute Gasteiger partial charge is 0.444 e. The fourth-order valence-corrected chi connectivity index (χ4v) is 7.21. The minimum atomic E-state index is -4.11. The molecular weight excluding hydrogens is 550 g/mol. The van der Waals surface area contributed by atoms with Gasteiger partial charge in [-0.15, -0.1) is 0 Å². The monoisotopic (exact) mass is 595 g/mol. The Morgan fingerprint density at radius 3 is 2.44 bits per heavy atom. The van der Waals surface area contributed by atoms with Crippen molar-refractivity contribution in [1.29, 1.82) is 0 Å². The molecule has 3 fully saturated rings. The average Bonchev–Trinajstić information content (AvgIpc) is 3.20. The molecule has 0 aromatic heterocycles. The topological polar surface area (TPSA) is 163 Å². The standard InChI is InChI=1S/C28H45N5O7S/c1-27(2,3)40-26(37)29-21-15-8-6-4-5-7-12-19-18-28(19,30-23(34)22-16-11-17-33(22)24(21)35)25(36)32-41(38,39)31-20-13-9-10-14-20/h7,12,19-22,31H,4-6,8-11,13-18H2,1-3H3,(H,29,37)(H,30,34)(H,32,36)/t19-,21?,22+,28-/m1/s1. The van der Waals surface area contributed by atoms with Gasteiger partial charge < -0.3 is 20.3 Å². The van der Waals surface area contributed by atoms with Crippen LogP contribution >= 0.6 is 0 Å². The third-order valence-corrected chi connectivity index (χ3v) is 9.33. The van der Waals surface area contributed by atoms with Crippen molar-refractivity contribution < 1.29 is 32.3 Å². The van der Waals surface area contributed by atoms with Gasteiger partial charge in [0.15, 0.2) is 0 Å². The Morgan fingerprint density at radius 1 is 1.02 bits per heavy atom. The molecule has 230 valence electrons. The lowest BCUT2D eigenvalue weighted by atomic mass is 10.0. The first-order valence-electron chi connectivity index (χ1n) is 14.9. The molecule has 2 saturated carbocycles. The van der Waals surface area contributed by atoms with Crippen LogP contribution in [0.4, 0.5) is 4.79 Å². The number of hydrogen-bond donors (Lipinski definition) is 4. The summed E-state index contributed by atoms with van der Waals surface area (Å²) in [6.45, 7) is 5.57. The van der Waals surface area contributed by atoms with E-state index in [0.717, 1.165) is 44.9 Å². The molecule has 13 heteroatoms. The maximum Gasteiger partial charge on any atom is 0.408 e. The predicted molar refractivity (Wildman–Crippen MR) is 152 cm³/mol. The molecule has 4 atom stereocenters. The van der Waals surface area contributed by atoms with Crippen molar-refractivity contribution in [3.05, 3.63) is 12.2 Å². The molecule has 2 aliphatic heterocycles. The van der Waals surface area contributed by atoms with E-state index in [-0.39, 0.29) is 24.3 Å². The Morgan fingerprint density at radius 2 is 1.73 bits per heavy atom. The van der Waals surface area contributed by atoms with Crippen LogP contribution in [0.1, 0.15) is 97.8 Å². The minimum Gasteiger partial charge on any atom is -0.444 e. The van der Waals surface area contributed by atoms with Crippen LogP contribution in [-0.4, -0.2) is 72.9 Å². The Labute approximate surface area is 242 Å². The zero-order valence-electron chi connectivity index (χ0n) is 24.4. The van der Waals surface area contributed by atoms with Crippen LogP contribution in [0.5, 0.6) is 0 Å². The van der Waals surface area contributed by atoms with Crippen molar-refractivity contribution in [2.75, 3.05) is 6.54 Å². The van der Waals surface area contributed by atoms with E-state index in [1.807, 2.05) is 12.2 Å². The number of carbonyl (C=O) groups excluding carboxylic acids is 4. The predicted octanol–water partition coefficient (Wildman–Crippen LogP) is 2.16. The molecule has 41 heavy (non-hydrogen) atoms. The molecule has 0 radical (unpaired) electrons. The van der Waals surface area contributed by atoms with Gasteiger partial charge in [-0.05, 0) is 72.1 Å². The maximum absolute atomic E-state index is 13.7. The van der Waals surface area contributed by atoms with Crippen molar-refractivity contribution in [1.82, 2.24) is 25.0 Å². The summed E-state index contributed by atoms with van der Waals surface area (Å²) in [6.07, 6.45) is 11.2. The quantitative estimate of drug-likeness (QED) is 0.354. The lowest BCUT2D eigenvalue weighted by Gasteiger charge is -2.30. The molecule has 0 aromatic rings. The Balaban J connectivity index is 1.51. The average molecular weight is 596 g/mol. The third-order valence-electron chi connectivity index (χ3n) is 8.23. The van der Waals surface area contributed by atoms with Gasteiger partial charge in [-0.2, -0.15) is 13.1 Å². The fraction of sp³-hybridized carbons (Fsp3) is 0.786. The molecule has 2 aliphatic carbocycles. The molecule has 1 saturated heterocycles. The van der Waals surface area contributed by atoms with Crippen LogP contribution in [0.2, 0.25) is 0 Å². The molecule has 2 heterocycles. The zero-order valence-corrected chi connectivity index (χ0v) is 25.2. The zero-order chi connectivity index (χ0) is 29.8. The molecule has 1 unspecified atom stereocenters. The van der Waals surface area contributed by atoms with Gasteiger partial charge >= 0.3 is 16.3 Å². The molecule has 4 amide bonds. The number of nitrogens with zero attached hydrogens (tertiary/aromatic N) is 1. The second-order valence-corrected chi connectivity index (χ2v) is 14.2. The minimum absolute atomic E-state index is 0.212. The van der Waals surface area contributed by atoms with Crippen LogP contribution in [-0.2, 0) is 29.3 Å². The van der Waals surface area contributed by atoms with Crippen LogP contribution < -0.4 is 20.1 Å². The summed E-state index contributed by atoms with van der Waals surface area (Å²) in [4.78, 5) is 54.7. The number of allylic oxidation sites excluding steroid dienone is 1. The van der Waals surface area contributed by atoms with Gasteiger partial charge in [-0.25, -0.2) is 9.52 Å². The normalized spacial score (nSPS) is 29.9. The molecular formula is C28H45N5O7S. The second kappa shape index (κ2) is 12.7. The number of rotatable bonds is 5.